The molecule has 0 radical (unpaired) electrons. The Kier molecular flexibility index (Phi) is 3.49. The first-order valence-corrected chi connectivity index (χ1v) is 7.56. The molecule has 18 heavy (non-hydrogen) atoms. The third-order valence-corrected chi connectivity index (χ3v) is 4.86. The lowest BCUT2D eigenvalue weighted by Crippen LogP contribution is -2.20. The van der Waals surface area contributed by atoms with Crippen LogP contribution in [0.5, 0.6) is 0 Å². The Balaban J connectivity index is 2.16. The van der Waals surface area contributed by atoms with Crippen molar-refractivity contribution in [3.05, 3.63) is 18.2 Å². The SMILES string of the molecule is CCC1CC1Nc1ccc(S(=O)(=O)NC)c(N)c1. The van der Waals surface area contributed by atoms with E-state index in [4.69, 9.17) is 5.73 Å². The topological polar surface area (TPSA) is 84.2 Å². The molecule has 1 fully saturated rings. The van der Waals surface area contributed by atoms with Crippen molar-refractivity contribution in [1.82, 2.24) is 4.72 Å². The van der Waals surface area contributed by atoms with Crippen LogP contribution in [0.3, 0.4) is 0 Å². The Hall–Kier alpha value is -1.27. The third-order valence-electron chi connectivity index (χ3n) is 3.37. The van der Waals surface area contributed by atoms with Crippen LogP contribution in [0.4, 0.5) is 11.4 Å². The molecule has 1 aliphatic rings. The van der Waals surface area contributed by atoms with Crippen LogP contribution in [-0.2, 0) is 10.0 Å². The highest BCUT2D eigenvalue weighted by molar-refractivity contribution is 7.89. The van der Waals surface area contributed by atoms with Crippen LogP contribution < -0.4 is 15.8 Å². The van der Waals surface area contributed by atoms with Gasteiger partial charge in [0.2, 0.25) is 10.0 Å². The molecule has 100 valence electrons. The number of hydrogen-bond acceptors (Lipinski definition) is 4. The fraction of sp³-hybridized carbons (Fsp3) is 0.500. The maximum Gasteiger partial charge on any atom is 0.242 e. The van der Waals surface area contributed by atoms with Gasteiger partial charge in [-0.2, -0.15) is 0 Å². The first kappa shape index (κ1) is 13.2. The highest BCUT2D eigenvalue weighted by atomic mass is 32.2. The average Bonchev–Trinajstić information content (AvgIpc) is 3.07. The molecule has 1 saturated carbocycles. The lowest BCUT2D eigenvalue weighted by Gasteiger charge is -2.10. The molecule has 1 aromatic rings. The molecule has 5 nitrogen and oxygen atoms in total. The van der Waals surface area contributed by atoms with Crippen LogP contribution >= 0.6 is 0 Å². The van der Waals surface area contributed by atoms with E-state index in [1.54, 1.807) is 12.1 Å². The van der Waals surface area contributed by atoms with Crippen LogP contribution in [0.25, 0.3) is 0 Å². The van der Waals surface area contributed by atoms with Gasteiger partial charge in [-0.05, 0) is 37.6 Å². The third kappa shape index (κ3) is 2.59. The minimum atomic E-state index is -3.48. The largest absolute Gasteiger partial charge is 0.398 e. The molecule has 1 aromatic carbocycles. The summed E-state index contributed by atoms with van der Waals surface area (Å²) in [7, 11) is -2.10. The van der Waals surface area contributed by atoms with Crippen LogP contribution in [0.1, 0.15) is 19.8 Å². The monoisotopic (exact) mass is 269 g/mol. The first-order valence-electron chi connectivity index (χ1n) is 6.07. The van der Waals surface area contributed by atoms with E-state index < -0.39 is 10.0 Å². The smallest absolute Gasteiger partial charge is 0.242 e. The fourth-order valence-electron chi connectivity index (χ4n) is 2.08. The van der Waals surface area contributed by atoms with E-state index in [1.807, 2.05) is 0 Å². The number of anilines is 2. The van der Waals surface area contributed by atoms with Crippen LogP contribution in [0, 0.1) is 5.92 Å². The van der Waals surface area contributed by atoms with Crippen molar-refractivity contribution in [1.29, 1.82) is 0 Å². The van der Waals surface area contributed by atoms with E-state index in [2.05, 4.69) is 17.0 Å². The molecule has 2 unspecified atom stereocenters. The predicted molar refractivity (Wildman–Crippen MR) is 72.9 cm³/mol. The number of rotatable bonds is 5. The zero-order valence-corrected chi connectivity index (χ0v) is 11.4. The van der Waals surface area contributed by atoms with Gasteiger partial charge < -0.3 is 11.1 Å². The molecule has 0 aromatic heterocycles. The lowest BCUT2D eigenvalue weighted by molar-refractivity contribution is 0.588. The maximum absolute atomic E-state index is 11.7. The quantitative estimate of drug-likeness (QED) is 0.705. The summed E-state index contributed by atoms with van der Waals surface area (Å²) >= 11 is 0. The lowest BCUT2D eigenvalue weighted by atomic mass is 10.2. The van der Waals surface area contributed by atoms with Gasteiger partial charge in [0.1, 0.15) is 4.90 Å². The molecule has 0 spiro atoms. The second-order valence-electron chi connectivity index (χ2n) is 4.62. The average molecular weight is 269 g/mol. The molecule has 2 rings (SSSR count). The van der Waals surface area contributed by atoms with E-state index in [9.17, 15) is 8.42 Å². The van der Waals surface area contributed by atoms with Crippen molar-refractivity contribution in [3.63, 3.8) is 0 Å². The second kappa shape index (κ2) is 4.78. The second-order valence-corrected chi connectivity index (χ2v) is 6.47. The summed E-state index contributed by atoms with van der Waals surface area (Å²) in [5, 5.41) is 3.36. The molecule has 4 N–H and O–H groups in total. The standard InChI is InChI=1S/C12H19N3O2S/c1-3-8-6-11(8)15-9-4-5-12(10(13)7-9)18(16,17)14-2/h4-5,7-8,11,14-15H,3,6,13H2,1-2H3. The number of nitrogens with two attached hydrogens (primary N) is 1. The van der Waals surface area contributed by atoms with Crippen molar-refractivity contribution in [2.45, 2.75) is 30.7 Å². The minimum absolute atomic E-state index is 0.124. The number of hydrogen-bond donors (Lipinski definition) is 3. The van der Waals surface area contributed by atoms with Gasteiger partial charge in [0.25, 0.3) is 0 Å². The van der Waals surface area contributed by atoms with Crippen molar-refractivity contribution >= 4 is 21.4 Å². The molecule has 0 heterocycles. The van der Waals surface area contributed by atoms with Crippen molar-refractivity contribution < 1.29 is 8.42 Å². The predicted octanol–water partition coefficient (Wildman–Crippen LogP) is 1.39. The Morgan fingerprint density at radius 3 is 2.67 bits per heavy atom. The van der Waals surface area contributed by atoms with Crippen molar-refractivity contribution in [2.24, 2.45) is 5.92 Å². The molecule has 0 bridgehead atoms. The molecule has 1 aliphatic carbocycles. The number of nitrogens with one attached hydrogen (secondary N) is 2. The van der Waals surface area contributed by atoms with Crippen LogP contribution in [-0.4, -0.2) is 21.5 Å². The van der Waals surface area contributed by atoms with E-state index in [1.165, 1.54) is 26.0 Å². The Bertz CT molecular complexity index is 542. The van der Waals surface area contributed by atoms with E-state index in [0.29, 0.717) is 6.04 Å². The van der Waals surface area contributed by atoms with Crippen molar-refractivity contribution in [3.8, 4) is 0 Å². The van der Waals surface area contributed by atoms with Crippen LogP contribution in [0.2, 0.25) is 0 Å². The van der Waals surface area contributed by atoms with Gasteiger partial charge in [-0.15, -0.1) is 0 Å². The highest BCUT2D eigenvalue weighted by Gasteiger charge is 2.35. The van der Waals surface area contributed by atoms with Gasteiger partial charge in [0.05, 0.1) is 5.69 Å². The molecule has 2 atom stereocenters. The summed E-state index contributed by atoms with van der Waals surface area (Å²) in [6, 6.07) is 5.47. The van der Waals surface area contributed by atoms with Crippen molar-refractivity contribution in [2.75, 3.05) is 18.1 Å². The molecule has 0 amide bonds. The summed E-state index contributed by atoms with van der Waals surface area (Å²) < 4.78 is 25.6. The van der Waals surface area contributed by atoms with Gasteiger partial charge in [0, 0.05) is 11.7 Å². The molecular formula is C12H19N3O2S. The molecule has 0 saturated heterocycles. The first-order chi connectivity index (χ1) is 8.47. The van der Waals surface area contributed by atoms with E-state index in [-0.39, 0.29) is 10.6 Å². The number of sulfonamides is 1. The maximum atomic E-state index is 11.7. The summed E-state index contributed by atoms with van der Waals surface area (Å²) in [5.41, 5.74) is 6.93. The van der Waals surface area contributed by atoms with Gasteiger partial charge in [-0.25, -0.2) is 13.1 Å². The van der Waals surface area contributed by atoms with Gasteiger partial charge >= 0.3 is 0 Å². The van der Waals surface area contributed by atoms with Gasteiger partial charge in [0.15, 0.2) is 0 Å². The fourth-order valence-corrected chi connectivity index (χ4v) is 2.92. The zero-order valence-electron chi connectivity index (χ0n) is 10.6. The summed E-state index contributed by atoms with van der Waals surface area (Å²) in [6.07, 6.45) is 2.34. The summed E-state index contributed by atoms with van der Waals surface area (Å²) in [6.45, 7) is 2.17. The summed E-state index contributed by atoms with van der Waals surface area (Å²) in [5.74, 6) is 0.729. The number of benzene rings is 1. The Labute approximate surface area is 108 Å². The summed E-state index contributed by atoms with van der Waals surface area (Å²) in [4.78, 5) is 0.124. The molecule has 6 heteroatoms. The molecule has 0 aliphatic heterocycles. The molecular weight excluding hydrogens is 250 g/mol. The normalized spacial score (nSPS) is 22.8. The highest BCUT2D eigenvalue weighted by Crippen LogP contribution is 2.36. The number of nitrogen functional groups attached to an aromatic ring is 1. The zero-order chi connectivity index (χ0) is 13.3. The van der Waals surface area contributed by atoms with E-state index in [0.717, 1.165) is 11.6 Å². The van der Waals surface area contributed by atoms with Crippen LogP contribution in [0.15, 0.2) is 23.1 Å². The van der Waals surface area contributed by atoms with E-state index >= 15 is 0 Å². The Morgan fingerprint density at radius 2 is 2.17 bits per heavy atom. The van der Waals surface area contributed by atoms with Gasteiger partial charge in [-0.3, -0.25) is 0 Å². The minimum Gasteiger partial charge on any atom is -0.398 e. The Morgan fingerprint density at radius 1 is 1.44 bits per heavy atom. The van der Waals surface area contributed by atoms with Gasteiger partial charge in [-0.1, -0.05) is 13.3 Å².